The number of H-pyrrole nitrogens is 1. The Hall–Kier alpha value is -4.30. The second kappa shape index (κ2) is 8.24. The molecule has 0 amide bonds. The van der Waals surface area contributed by atoms with Crippen molar-refractivity contribution in [2.75, 3.05) is 4.90 Å². The molecule has 6 aromatic rings. The molecule has 2 nitrogen and oxygen atoms in total. The number of benzene rings is 5. The summed E-state index contributed by atoms with van der Waals surface area (Å²) in [7, 11) is 0. The minimum Gasteiger partial charge on any atom is -0.354 e. The van der Waals surface area contributed by atoms with Crippen LogP contribution in [-0.4, -0.2) is 4.98 Å². The molecule has 0 fully saturated rings. The molecule has 0 unspecified atom stereocenters. The number of aryl methyl sites for hydroxylation is 2. The van der Waals surface area contributed by atoms with E-state index in [1.807, 2.05) is 0 Å². The number of hydrogen-bond donors (Lipinski definition) is 1. The van der Waals surface area contributed by atoms with Crippen molar-refractivity contribution >= 4 is 38.9 Å². The fraction of sp³-hybridized carbons (Fsp3) is 0.0625. The van der Waals surface area contributed by atoms with Crippen molar-refractivity contribution < 1.29 is 0 Å². The quantitative estimate of drug-likeness (QED) is 0.291. The maximum atomic E-state index is 3.68. The number of nitrogens with zero attached hydrogens (tertiary/aromatic N) is 1. The maximum Gasteiger partial charge on any atom is 0.0544 e. The van der Waals surface area contributed by atoms with Crippen LogP contribution in [-0.2, 0) is 0 Å². The third kappa shape index (κ3) is 3.54. The summed E-state index contributed by atoms with van der Waals surface area (Å²) in [5.74, 6) is 0. The zero-order valence-electron chi connectivity index (χ0n) is 19.4. The van der Waals surface area contributed by atoms with Crippen LogP contribution >= 0.6 is 0 Å². The SMILES string of the molecule is Cc1ccc2[nH]c3c(-c4ccc(N(c5ccccc5)c5ccccc5)cc4)cc(C)cc3c2c1. The van der Waals surface area contributed by atoms with Gasteiger partial charge in [-0.25, -0.2) is 0 Å². The van der Waals surface area contributed by atoms with Crippen LogP contribution < -0.4 is 4.90 Å². The van der Waals surface area contributed by atoms with Gasteiger partial charge in [-0.2, -0.15) is 0 Å². The first-order valence-electron chi connectivity index (χ1n) is 11.7. The first kappa shape index (κ1) is 20.3. The number of anilines is 3. The minimum atomic E-state index is 1.14. The Bertz CT molecular complexity index is 1560. The number of para-hydroxylation sites is 2. The van der Waals surface area contributed by atoms with E-state index < -0.39 is 0 Å². The molecule has 0 saturated heterocycles. The molecular weight excluding hydrogens is 412 g/mol. The molecule has 34 heavy (non-hydrogen) atoms. The van der Waals surface area contributed by atoms with Gasteiger partial charge in [0.25, 0.3) is 0 Å². The average Bonchev–Trinajstić information content (AvgIpc) is 3.23. The molecular formula is C32H26N2. The van der Waals surface area contributed by atoms with Crippen molar-refractivity contribution in [1.82, 2.24) is 4.98 Å². The average molecular weight is 439 g/mol. The van der Waals surface area contributed by atoms with Gasteiger partial charge in [-0.1, -0.05) is 60.2 Å². The van der Waals surface area contributed by atoms with Crippen LogP contribution in [0.3, 0.4) is 0 Å². The zero-order valence-corrected chi connectivity index (χ0v) is 19.4. The van der Waals surface area contributed by atoms with E-state index in [0.717, 1.165) is 17.1 Å². The number of aromatic nitrogens is 1. The molecule has 0 radical (unpaired) electrons. The van der Waals surface area contributed by atoms with Crippen molar-refractivity contribution in [2.24, 2.45) is 0 Å². The van der Waals surface area contributed by atoms with Gasteiger partial charge in [0.05, 0.1) is 5.52 Å². The van der Waals surface area contributed by atoms with Crippen molar-refractivity contribution in [3.8, 4) is 11.1 Å². The van der Waals surface area contributed by atoms with E-state index >= 15 is 0 Å². The van der Waals surface area contributed by atoms with E-state index in [1.54, 1.807) is 0 Å². The summed E-state index contributed by atoms with van der Waals surface area (Å²) in [6.45, 7) is 4.33. The Morgan fingerprint density at radius 1 is 0.529 bits per heavy atom. The predicted octanol–water partition coefficient (Wildman–Crippen LogP) is 9.07. The predicted molar refractivity (Wildman–Crippen MR) is 145 cm³/mol. The smallest absolute Gasteiger partial charge is 0.0544 e. The highest BCUT2D eigenvalue weighted by atomic mass is 15.1. The number of aromatic amines is 1. The Kier molecular flexibility index (Phi) is 4.92. The third-order valence-electron chi connectivity index (χ3n) is 6.47. The molecule has 0 saturated carbocycles. The van der Waals surface area contributed by atoms with Gasteiger partial charge in [-0.05, 0) is 85.6 Å². The van der Waals surface area contributed by atoms with Gasteiger partial charge in [0.15, 0.2) is 0 Å². The van der Waals surface area contributed by atoms with Crippen LogP contribution in [0.1, 0.15) is 11.1 Å². The molecule has 1 aromatic heterocycles. The highest BCUT2D eigenvalue weighted by Gasteiger charge is 2.14. The van der Waals surface area contributed by atoms with Gasteiger partial charge < -0.3 is 9.88 Å². The van der Waals surface area contributed by atoms with Gasteiger partial charge in [-0.3, -0.25) is 0 Å². The second-order valence-corrected chi connectivity index (χ2v) is 8.96. The Morgan fingerprint density at radius 3 is 1.76 bits per heavy atom. The summed E-state index contributed by atoms with van der Waals surface area (Å²) < 4.78 is 0. The number of hydrogen-bond acceptors (Lipinski definition) is 1. The van der Waals surface area contributed by atoms with Crippen LogP contribution in [0.4, 0.5) is 17.1 Å². The zero-order chi connectivity index (χ0) is 23.1. The molecule has 5 aromatic carbocycles. The Morgan fingerprint density at radius 2 is 1.12 bits per heavy atom. The molecule has 2 heteroatoms. The lowest BCUT2D eigenvalue weighted by Gasteiger charge is -2.25. The van der Waals surface area contributed by atoms with Gasteiger partial charge in [0.2, 0.25) is 0 Å². The molecule has 0 aliphatic heterocycles. The lowest BCUT2D eigenvalue weighted by atomic mass is 9.98. The lowest BCUT2D eigenvalue weighted by molar-refractivity contribution is 1.28. The fourth-order valence-electron chi connectivity index (χ4n) is 4.88. The van der Waals surface area contributed by atoms with Crippen molar-refractivity contribution in [1.29, 1.82) is 0 Å². The normalized spacial score (nSPS) is 11.2. The summed E-state index contributed by atoms with van der Waals surface area (Å²) >= 11 is 0. The molecule has 1 N–H and O–H groups in total. The van der Waals surface area contributed by atoms with Crippen LogP contribution in [0, 0.1) is 13.8 Å². The van der Waals surface area contributed by atoms with Crippen molar-refractivity contribution in [3.05, 3.63) is 126 Å². The molecule has 0 bridgehead atoms. The summed E-state index contributed by atoms with van der Waals surface area (Å²) in [6, 6.07) is 41.2. The molecule has 0 aliphatic rings. The largest absolute Gasteiger partial charge is 0.354 e. The summed E-state index contributed by atoms with van der Waals surface area (Å²) in [5, 5.41) is 2.57. The highest BCUT2D eigenvalue weighted by molar-refractivity contribution is 6.12. The highest BCUT2D eigenvalue weighted by Crippen LogP contribution is 2.38. The van der Waals surface area contributed by atoms with E-state index in [0.29, 0.717) is 0 Å². The van der Waals surface area contributed by atoms with E-state index in [1.165, 1.54) is 44.1 Å². The van der Waals surface area contributed by atoms with Gasteiger partial charge in [0, 0.05) is 38.9 Å². The first-order chi connectivity index (χ1) is 16.7. The summed E-state index contributed by atoms with van der Waals surface area (Å²) in [5.41, 5.74) is 10.8. The van der Waals surface area contributed by atoms with E-state index in [4.69, 9.17) is 0 Å². The van der Waals surface area contributed by atoms with Crippen molar-refractivity contribution in [2.45, 2.75) is 13.8 Å². The fourth-order valence-corrected chi connectivity index (χ4v) is 4.88. The van der Waals surface area contributed by atoms with E-state index in [-0.39, 0.29) is 0 Å². The number of nitrogens with one attached hydrogen (secondary N) is 1. The molecule has 0 aliphatic carbocycles. The molecule has 0 spiro atoms. The molecule has 6 rings (SSSR count). The second-order valence-electron chi connectivity index (χ2n) is 8.96. The van der Waals surface area contributed by atoms with E-state index in [2.05, 4.69) is 139 Å². The summed E-state index contributed by atoms with van der Waals surface area (Å²) in [6.07, 6.45) is 0. The third-order valence-corrected chi connectivity index (χ3v) is 6.47. The minimum absolute atomic E-state index is 1.14. The number of rotatable bonds is 4. The van der Waals surface area contributed by atoms with Gasteiger partial charge in [-0.15, -0.1) is 0 Å². The lowest BCUT2D eigenvalue weighted by Crippen LogP contribution is -2.09. The van der Waals surface area contributed by atoms with E-state index in [9.17, 15) is 0 Å². The van der Waals surface area contributed by atoms with Crippen LogP contribution in [0.15, 0.2) is 115 Å². The standard InChI is InChI=1S/C32H26N2/c1-22-13-18-31-29(19-22)30-21-23(2)20-28(32(30)33-31)24-14-16-27(17-15-24)34(25-9-5-3-6-10-25)26-11-7-4-8-12-26/h3-21,33H,1-2H3. The molecule has 0 atom stereocenters. The monoisotopic (exact) mass is 438 g/mol. The number of fused-ring (bicyclic) bond motifs is 3. The van der Waals surface area contributed by atoms with Gasteiger partial charge in [0.1, 0.15) is 0 Å². The van der Waals surface area contributed by atoms with Crippen LogP contribution in [0.2, 0.25) is 0 Å². The van der Waals surface area contributed by atoms with Crippen LogP contribution in [0.25, 0.3) is 32.9 Å². The summed E-state index contributed by atoms with van der Waals surface area (Å²) in [4.78, 5) is 5.97. The Labute approximate surface area is 200 Å². The first-order valence-corrected chi connectivity index (χ1v) is 11.7. The Balaban J connectivity index is 1.48. The maximum absolute atomic E-state index is 3.68. The van der Waals surface area contributed by atoms with Crippen LogP contribution in [0.5, 0.6) is 0 Å². The molecule has 1 heterocycles. The van der Waals surface area contributed by atoms with Gasteiger partial charge >= 0.3 is 0 Å². The topological polar surface area (TPSA) is 19.0 Å². The molecule has 164 valence electrons. The van der Waals surface area contributed by atoms with Crippen molar-refractivity contribution in [3.63, 3.8) is 0 Å².